The number of carbonyl (C=O) groups is 2. The Hall–Kier alpha value is -0.810. The summed E-state index contributed by atoms with van der Waals surface area (Å²) >= 11 is 0. The van der Waals surface area contributed by atoms with Crippen molar-refractivity contribution in [1.82, 2.24) is 5.32 Å². The summed E-state index contributed by atoms with van der Waals surface area (Å²) in [4.78, 5) is 23.0. The van der Waals surface area contributed by atoms with E-state index in [0.29, 0.717) is 25.0 Å². The Labute approximate surface area is 140 Å². The molecule has 0 aliphatic heterocycles. The number of carboxylic acids is 1. The van der Waals surface area contributed by atoms with E-state index in [2.05, 4.69) is 33.0 Å². The van der Waals surface area contributed by atoms with Gasteiger partial charge in [0.1, 0.15) is 6.04 Å². The first-order valence-electron chi connectivity index (χ1n) is 8.10. The van der Waals surface area contributed by atoms with Crippen LogP contribution in [0.1, 0.15) is 59.8 Å². The van der Waals surface area contributed by atoms with E-state index in [0.717, 1.165) is 25.7 Å². The van der Waals surface area contributed by atoms with E-state index in [9.17, 15) is 9.59 Å². The van der Waals surface area contributed by atoms with E-state index in [1.165, 1.54) is 0 Å². The lowest BCUT2D eigenvalue weighted by molar-refractivity contribution is -0.151. The van der Waals surface area contributed by atoms with Crippen LogP contribution in [-0.2, 0) is 14.3 Å². The smallest absolute Gasteiger partial charge is 0.323 e. The van der Waals surface area contributed by atoms with Crippen LogP contribution in [0, 0.1) is 11.8 Å². The Morgan fingerprint density at radius 3 is 1.91 bits per heavy atom. The average Bonchev–Trinajstić information content (AvgIpc) is 2.47. The third kappa shape index (κ3) is 10.0. The monoisotopic (exact) mass is 337 g/mol. The number of nitrogens with one attached hydrogen (secondary N) is 1. The highest BCUT2D eigenvalue weighted by molar-refractivity contribution is 5.85. The molecular formula is C16H32ClNO4. The summed E-state index contributed by atoms with van der Waals surface area (Å²) in [5.41, 5.74) is 0. The minimum atomic E-state index is -0.989. The largest absolute Gasteiger partial charge is 0.481 e. The molecule has 0 aliphatic carbocycles. The Bertz CT molecular complexity index is 305. The van der Waals surface area contributed by atoms with Crippen LogP contribution < -0.4 is 5.32 Å². The van der Waals surface area contributed by atoms with Crippen molar-refractivity contribution < 1.29 is 19.4 Å². The van der Waals surface area contributed by atoms with Gasteiger partial charge in [-0.2, -0.15) is 0 Å². The number of hydrogen-bond acceptors (Lipinski definition) is 4. The zero-order chi connectivity index (χ0) is 16.3. The first-order valence-corrected chi connectivity index (χ1v) is 8.10. The van der Waals surface area contributed by atoms with Gasteiger partial charge in [0.05, 0.1) is 13.0 Å². The third-order valence-electron chi connectivity index (χ3n) is 4.09. The minimum absolute atomic E-state index is 0. The summed E-state index contributed by atoms with van der Waals surface area (Å²) in [7, 11) is 0. The predicted octanol–water partition coefficient (Wildman–Crippen LogP) is 3.26. The molecule has 0 amide bonds. The lowest BCUT2D eigenvalue weighted by atomic mass is 10.0. The number of hydrogen-bond donors (Lipinski definition) is 2. The van der Waals surface area contributed by atoms with Crippen LogP contribution in [0.3, 0.4) is 0 Å². The molecule has 22 heavy (non-hydrogen) atoms. The molecule has 5 nitrogen and oxygen atoms in total. The summed E-state index contributed by atoms with van der Waals surface area (Å²) in [5, 5.41) is 12.0. The van der Waals surface area contributed by atoms with Crippen molar-refractivity contribution in [3.8, 4) is 0 Å². The fraction of sp³-hybridized carbons (Fsp3) is 0.875. The number of halogens is 1. The molecule has 0 aromatic heterocycles. The lowest BCUT2D eigenvalue weighted by Crippen LogP contribution is -2.42. The van der Waals surface area contributed by atoms with Gasteiger partial charge in [-0.25, -0.2) is 0 Å². The Morgan fingerprint density at radius 1 is 1.00 bits per heavy atom. The van der Waals surface area contributed by atoms with E-state index in [1.54, 1.807) is 0 Å². The van der Waals surface area contributed by atoms with Crippen molar-refractivity contribution in [2.45, 2.75) is 65.8 Å². The van der Waals surface area contributed by atoms with Gasteiger partial charge < -0.3 is 15.2 Å². The van der Waals surface area contributed by atoms with Crippen molar-refractivity contribution in [2.75, 3.05) is 13.2 Å². The maximum atomic E-state index is 12.1. The zero-order valence-electron chi connectivity index (χ0n) is 14.3. The summed E-state index contributed by atoms with van der Waals surface area (Å²) < 4.78 is 5.28. The maximum absolute atomic E-state index is 12.1. The highest BCUT2D eigenvalue weighted by Crippen LogP contribution is 2.10. The van der Waals surface area contributed by atoms with Gasteiger partial charge >= 0.3 is 11.9 Å². The highest BCUT2D eigenvalue weighted by atomic mass is 35.5. The average molecular weight is 338 g/mol. The van der Waals surface area contributed by atoms with Crippen molar-refractivity contribution >= 4 is 24.3 Å². The second-order valence-electron chi connectivity index (χ2n) is 5.55. The van der Waals surface area contributed by atoms with E-state index in [-0.39, 0.29) is 18.8 Å². The van der Waals surface area contributed by atoms with Crippen LogP contribution in [0.25, 0.3) is 0 Å². The van der Waals surface area contributed by atoms with Gasteiger partial charge in [-0.15, -0.1) is 12.4 Å². The van der Waals surface area contributed by atoms with Crippen molar-refractivity contribution in [3.63, 3.8) is 0 Å². The molecule has 1 atom stereocenters. The first-order chi connectivity index (χ1) is 9.98. The van der Waals surface area contributed by atoms with E-state index < -0.39 is 18.0 Å². The highest BCUT2D eigenvalue weighted by Gasteiger charge is 2.24. The SMILES string of the molecule is CCC(CC)CN[C@@H](CC(=O)O)C(=O)OCC(CC)CC.Cl. The van der Waals surface area contributed by atoms with Gasteiger partial charge in [0.2, 0.25) is 0 Å². The Kier molecular flexibility index (Phi) is 14.7. The van der Waals surface area contributed by atoms with E-state index in [1.807, 2.05) is 0 Å². The van der Waals surface area contributed by atoms with Crippen LogP contribution in [0.2, 0.25) is 0 Å². The summed E-state index contributed by atoms with van der Waals surface area (Å²) in [6.45, 7) is 9.31. The number of carbonyl (C=O) groups excluding carboxylic acids is 1. The standard InChI is InChI=1S/C16H31NO4.ClH/c1-5-12(6-2)10-17-14(9-15(18)19)16(20)21-11-13(7-3)8-4;/h12-14,17H,5-11H2,1-4H3,(H,18,19);1H/t14-;/m0./s1. The maximum Gasteiger partial charge on any atom is 0.323 e. The topological polar surface area (TPSA) is 75.6 Å². The minimum Gasteiger partial charge on any atom is -0.481 e. The van der Waals surface area contributed by atoms with Crippen LogP contribution in [0.4, 0.5) is 0 Å². The number of rotatable bonds is 12. The third-order valence-corrected chi connectivity index (χ3v) is 4.09. The van der Waals surface area contributed by atoms with Gasteiger partial charge in [-0.1, -0.05) is 53.4 Å². The molecule has 6 heteroatoms. The summed E-state index contributed by atoms with van der Waals surface area (Å²) in [6, 6.07) is -0.752. The fourth-order valence-corrected chi connectivity index (χ4v) is 2.12. The number of carboxylic acid groups (broad SMARTS) is 1. The molecule has 0 fully saturated rings. The van der Waals surface area contributed by atoms with E-state index in [4.69, 9.17) is 9.84 Å². The van der Waals surface area contributed by atoms with Crippen molar-refractivity contribution in [2.24, 2.45) is 11.8 Å². The molecule has 0 aliphatic rings. The quantitative estimate of drug-likeness (QED) is 0.535. The number of esters is 1. The van der Waals surface area contributed by atoms with Gasteiger partial charge in [0, 0.05) is 0 Å². The molecular weight excluding hydrogens is 306 g/mol. The first kappa shape index (κ1) is 23.5. The molecule has 0 aromatic rings. The second-order valence-corrected chi connectivity index (χ2v) is 5.55. The summed E-state index contributed by atoms with van der Waals surface area (Å²) in [6.07, 6.45) is 3.68. The fourth-order valence-electron chi connectivity index (χ4n) is 2.12. The van der Waals surface area contributed by atoms with Gasteiger partial charge in [0.25, 0.3) is 0 Å². The second kappa shape index (κ2) is 13.8. The molecule has 0 unspecified atom stereocenters. The number of aliphatic carboxylic acids is 1. The molecule has 0 aromatic carbocycles. The number of ether oxygens (including phenoxy) is 1. The molecule has 0 rings (SSSR count). The zero-order valence-corrected chi connectivity index (χ0v) is 15.1. The Balaban J connectivity index is 0. The van der Waals surface area contributed by atoms with Crippen molar-refractivity contribution in [3.05, 3.63) is 0 Å². The molecule has 0 spiro atoms. The molecule has 0 radical (unpaired) electrons. The predicted molar refractivity (Wildman–Crippen MR) is 90.4 cm³/mol. The van der Waals surface area contributed by atoms with Gasteiger partial charge in [-0.3, -0.25) is 9.59 Å². The van der Waals surface area contributed by atoms with E-state index >= 15 is 0 Å². The molecule has 2 N–H and O–H groups in total. The normalized spacial score (nSPS) is 12.1. The molecule has 0 saturated carbocycles. The molecule has 0 saturated heterocycles. The lowest BCUT2D eigenvalue weighted by Gasteiger charge is -2.21. The Morgan fingerprint density at radius 2 is 1.50 bits per heavy atom. The van der Waals surface area contributed by atoms with Gasteiger partial charge in [0.15, 0.2) is 0 Å². The molecule has 132 valence electrons. The van der Waals surface area contributed by atoms with Crippen molar-refractivity contribution in [1.29, 1.82) is 0 Å². The molecule has 0 heterocycles. The van der Waals surface area contributed by atoms with Crippen LogP contribution in [-0.4, -0.2) is 36.2 Å². The summed E-state index contributed by atoms with van der Waals surface area (Å²) in [5.74, 6) is -0.640. The van der Waals surface area contributed by atoms with Crippen LogP contribution in [0.5, 0.6) is 0 Å². The molecule has 0 bridgehead atoms. The van der Waals surface area contributed by atoms with Gasteiger partial charge in [-0.05, 0) is 18.4 Å². The van der Waals surface area contributed by atoms with Crippen LogP contribution in [0.15, 0.2) is 0 Å². The van der Waals surface area contributed by atoms with Crippen LogP contribution >= 0.6 is 12.4 Å².